The molecule has 0 bridgehead atoms. The summed E-state index contributed by atoms with van der Waals surface area (Å²) in [6.07, 6.45) is 3.49. The number of alkyl halides is 3. The van der Waals surface area contributed by atoms with Crippen LogP contribution in [-0.2, 0) is 5.54 Å². The van der Waals surface area contributed by atoms with Gasteiger partial charge in [0.1, 0.15) is 18.1 Å². The van der Waals surface area contributed by atoms with Gasteiger partial charge < -0.3 is 5.32 Å². The van der Waals surface area contributed by atoms with Crippen LogP contribution in [0.15, 0.2) is 36.3 Å². The molecule has 28 heavy (non-hydrogen) atoms. The van der Waals surface area contributed by atoms with E-state index in [0.29, 0.717) is 35.0 Å². The molecule has 3 aromatic rings. The van der Waals surface area contributed by atoms with Crippen LogP contribution < -0.4 is 5.32 Å². The van der Waals surface area contributed by atoms with Crippen LogP contribution in [0, 0.1) is 11.3 Å². The van der Waals surface area contributed by atoms with E-state index in [-0.39, 0.29) is 5.82 Å². The Labute approximate surface area is 157 Å². The van der Waals surface area contributed by atoms with Gasteiger partial charge >= 0.3 is 6.18 Å². The highest BCUT2D eigenvalue weighted by molar-refractivity contribution is 6.00. The third-order valence-electron chi connectivity index (χ3n) is 4.88. The lowest BCUT2D eigenvalue weighted by Gasteiger charge is -2.37. The van der Waals surface area contributed by atoms with E-state index in [1.165, 1.54) is 11.8 Å². The summed E-state index contributed by atoms with van der Waals surface area (Å²) >= 11 is 0. The molecule has 7 nitrogen and oxygen atoms in total. The van der Waals surface area contributed by atoms with E-state index in [2.05, 4.69) is 31.7 Å². The molecule has 0 spiro atoms. The van der Waals surface area contributed by atoms with Crippen molar-refractivity contribution in [2.75, 3.05) is 11.9 Å². The molecule has 4 rings (SSSR count). The van der Waals surface area contributed by atoms with Gasteiger partial charge in [0.05, 0.1) is 23.2 Å². The number of nitriles is 1. The summed E-state index contributed by atoms with van der Waals surface area (Å²) < 4.78 is 39.4. The van der Waals surface area contributed by atoms with Gasteiger partial charge in [-0.3, -0.25) is 9.78 Å². The third-order valence-corrected chi connectivity index (χ3v) is 4.88. The Kier molecular flexibility index (Phi) is 4.10. The predicted octanol–water partition coefficient (Wildman–Crippen LogP) is 3.75. The predicted molar refractivity (Wildman–Crippen MR) is 96.2 cm³/mol. The zero-order valence-electron chi connectivity index (χ0n) is 14.9. The Morgan fingerprint density at radius 1 is 1.43 bits per heavy atom. The average molecular weight is 387 g/mol. The second kappa shape index (κ2) is 6.37. The number of aromatic amines is 1. The molecule has 1 aliphatic carbocycles. The topological polar surface area (TPSA) is 95.2 Å². The van der Waals surface area contributed by atoms with Gasteiger partial charge in [-0.2, -0.15) is 28.6 Å². The quantitative estimate of drug-likeness (QED) is 0.665. The molecule has 3 aromatic heterocycles. The fourth-order valence-electron chi connectivity index (χ4n) is 3.37. The van der Waals surface area contributed by atoms with Crippen LogP contribution in [0.2, 0.25) is 0 Å². The number of anilines is 1. The van der Waals surface area contributed by atoms with Crippen molar-refractivity contribution in [3.8, 4) is 17.3 Å². The van der Waals surface area contributed by atoms with Crippen LogP contribution >= 0.6 is 0 Å². The number of hydrogen-bond donors (Lipinski definition) is 2. The van der Waals surface area contributed by atoms with E-state index < -0.39 is 18.3 Å². The summed E-state index contributed by atoms with van der Waals surface area (Å²) in [5.41, 5.74) is 2.03. The first-order valence-corrected chi connectivity index (χ1v) is 8.60. The number of pyridine rings is 1. The van der Waals surface area contributed by atoms with Crippen molar-refractivity contribution in [3.63, 3.8) is 0 Å². The lowest BCUT2D eigenvalue weighted by Crippen LogP contribution is -2.41. The van der Waals surface area contributed by atoms with Crippen LogP contribution in [0.3, 0.4) is 0 Å². The van der Waals surface area contributed by atoms with E-state index in [1.807, 2.05) is 13.0 Å². The normalized spacial score (nSPS) is 19.3. The number of hydrogen-bond acceptors (Lipinski definition) is 5. The second-order valence-corrected chi connectivity index (χ2v) is 6.74. The van der Waals surface area contributed by atoms with E-state index in [4.69, 9.17) is 0 Å². The van der Waals surface area contributed by atoms with Crippen molar-refractivity contribution in [2.45, 2.75) is 31.5 Å². The summed E-state index contributed by atoms with van der Waals surface area (Å²) in [4.78, 5) is 4.03. The summed E-state index contributed by atoms with van der Waals surface area (Å²) in [5, 5.41) is 23.7. The summed E-state index contributed by atoms with van der Waals surface area (Å²) in [6.45, 7) is 0.732. The number of fused-ring (bicyclic) bond motifs is 1. The number of rotatable bonds is 4. The van der Waals surface area contributed by atoms with E-state index >= 15 is 0 Å². The number of halogens is 3. The molecule has 144 valence electrons. The highest BCUT2D eigenvalue weighted by Crippen LogP contribution is 2.43. The summed E-state index contributed by atoms with van der Waals surface area (Å²) in [6, 6.07) is 3.96. The molecule has 0 unspecified atom stereocenters. The molecule has 1 saturated carbocycles. The standard InChI is InChI=1S/C18H16F3N7/c1-2-11-5-17(6-11,9-22)28-8-12(7-25-28)15-14-13(26-27-15)3-4-23-16(14)24-10-18(19,20)21/h2-4,7-8H,5-6,10H2,1H3,(H,23,24)(H,26,27). The van der Waals surface area contributed by atoms with Crippen molar-refractivity contribution in [3.05, 3.63) is 36.3 Å². The van der Waals surface area contributed by atoms with Crippen LogP contribution in [0.5, 0.6) is 0 Å². The van der Waals surface area contributed by atoms with Gasteiger partial charge in [0, 0.05) is 30.8 Å². The highest BCUT2D eigenvalue weighted by atomic mass is 19.4. The van der Waals surface area contributed by atoms with Crippen LogP contribution in [0.4, 0.5) is 19.0 Å². The largest absolute Gasteiger partial charge is 0.405 e. The average Bonchev–Trinajstić information content (AvgIpc) is 3.26. The Morgan fingerprint density at radius 2 is 2.21 bits per heavy atom. The first-order valence-electron chi connectivity index (χ1n) is 8.60. The highest BCUT2D eigenvalue weighted by Gasteiger charge is 2.43. The van der Waals surface area contributed by atoms with Crippen LogP contribution in [-0.4, -0.2) is 37.7 Å². The molecule has 2 N–H and O–H groups in total. The number of H-pyrrole nitrogens is 1. The van der Waals surface area contributed by atoms with Gasteiger partial charge in [-0.25, -0.2) is 4.98 Å². The van der Waals surface area contributed by atoms with Gasteiger partial charge in [-0.05, 0) is 13.0 Å². The lowest BCUT2D eigenvalue weighted by molar-refractivity contribution is -0.115. The number of nitrogens with zero attached hydrogens (tertiary/aromatic N) is 5. The van der Waals surface area contributed by atoms with E-state index in [1.54, 1.807) is 23.1 Å². The minimum Gasteiger partial charge on any atom is -0.361 e. The maximum atomic E-state index is 12.6. The minimum absolute atomic E-state index is 0.0844. The third kappa shape index (κ3) is 2.98. The number of nitrogens with one attached hydrogen (secondary N) is 2. The van der Waals surface area contributed by atoms with Gasteiger partial charge in [0.2, 0.25) is 0 Å². The first-order chi connectivity index (χ1) is 13.3. The van der Waals surface area contributed by atoms with Crippen molar-refractivity contribution in [1.29, 1.82) is 5.26 Å². The van der Waals surface area contributed by atoms with Crippen LogP contribution in [0.25, 0.3) is 22.2 Å². The SMILES string of the molecule is CC=C1CC(C#N)(n2cc(-c3n[nH]c4ccnc(NCC(F)(F)F)c34)cn2)C1. The Morgan fingerprint density at radius 3 is 2.89 bits per heavy atom. The maximum absolute atomic E-state index is 12.6. The molecular weight excluding hydrogens is 371 g/mol. The Balaban J connectivity index is 1.71. The second-order valence-electron chi connectivity index (χ2n) is 6.74. The number of allylic oxidation sites excluding steroid dienone is 2. The fourth-order valence-corrected chi connectivity index (χ4v) is 3.37. The molecule has 3 heterocycles. The van der Waals surface area contributed by atoms with Gasteiger partial charge in [-0.1, -0.05) is 11.6 Å². The van der Waals surface area contributed by atoms with Crippen molar-refractivity contribution in [1.82, 2.24) is 25.0 Å². The van der Waals surface area contributed by atoms with Gasteiger partial charge in [0.15, 0.2) is 5.54 Å². The smallest absolute Gasteiger partial charge is 0.361 e. The maximum Gasteiger partial charge on any atom is 0.405 e. The molecule has 0 atom stereocenters. The molecule has 1 fully saturated rings. The van der Waals surface area contributed by atoms with Gasteiger partial charge in [0.25, 0.3) is 0 Å². The first kappa shape index (κ1) is 18.0. The monoisotopic (exact) mass is 387 g/mol. The van der Waals surface area contributed by atoms with E-state index in [0.717, 1.165) is 0 Å². The lowest BCUT2D eigenvalue weighted by atomic mass is 9.73. The Bertz CT molecular complexity index is 1090. The van der Waals surface area contributed by atoms with Gasteiger partial charge in [-0.15, -0.1) is 0 Å². The zero-order valence-corrected chi connectivity index (χ0v) is 14.9. The molecule has 0 amide bonds. The van der Waals surface area contributed by atoms with E-state index in [9.17, 15) is 18.4 Å². The summed E-state index contributed by atoms with van der Waals surface area (Å²) in [5.74, 6) is 0.0844. The molecule has 0 aliphatic heterocycles. The molecule has 0 aromatic carbocycles. The molecule has 0 saturated heterocycles. The van der Waals surface area contributed by atoms with Crippen LogP contribution in [0.1, 0.15) is 19.8 Å². The Hall–Kier alpha value is -3.35. The number of aromatic nitrogens is 5. The fraction of sp³-hybridized carbons (Fsp3) is 0.333. The molecule has 10 heteroatoms. The van der Waals surface area contributed by atoms with Crippen molar-refractivity contribution >= 4 is 16.7 Å². The zero-order chi connectivity index (χ0) is 19.9. The molecule has 1 aliphatic rings. The molecule has 0 radical (unpaired) electrons. The molecular formula is C18H16F3N7. The summed E-state index contributed by atoms with van der Waals surface area (Å²) in [7, 11) is 0. The van der Waals surface area contributed by atoms with Crippen molar-refractivity contribution < 1.29 is 13.2 Å². The van der Waals surface area contributed by atoms with Crippen molar-refractivity contribution in [2.24, 2.45) is 0 Å². The minimum atomic E-state index is -4.37.